The number of esters is 1. The number of nitrogens with one attached hydrogen (secondary N) is 1. The van der Waals surface area contributed by atoms with Crippen LogP contribution in [0.1, 0.15) is 29.0 Å². The topological polar surface area (TPSA) is 81.4 Å². The van der Waals surface area contributed by atoms with Crippen LogP contribution in [0.3, 0.4) is 0 Å². The Morgan fingerprint density at radius 2 is 2.04 bits per heavy atom. The van der Waals surface area contributed by atoms with Crippen molar-refractivity contribution in [2.24, 2.45) is 0 Å². The Morgan fingerprint density at radius 1 is 1.29 bits per heavy atom. The van der Waals surface area contributed by atoms with Gasteiger partial charge in [-0.3, -0.25) is 9.59 Å². The SMILES string of the molecule is Cc1cc(Br)ccc1NC(=O)COC(=O)CCc1c(C)noc1C. The van der Waals surface area contributed by atoms with E-state index in [4.69, 9.17) is 9.26 Å². The lowest BCUT2D eigenvalue weighted by molar-refractivity contribution is -0.147. The van der Waals surface area contributed by atoms with E-state index in [1.54, 1.807) is 13.0 Å². The van der Waals surface area contributed by atoms with Gasteiger partial charge in [-0.25, -0.2) is 0 Å². The van der Waals surface area contributed by atoms with Crippen LogP contribution in [0.25, 0.3) is 0 Å². The summed E-state index contributed by atoms with van der Waals surface area (Å²) in [5, 5.41) is 6.55. The van der Waals surface area contributed by atoms with Crippen molar-refractivity contribution < 1.29 is 18.8 Å². The predicted molar refractivity (Wildman–Crippen MR) is 92.8 cm³/mol. The van der Waals surface area contributed by atoms with E-state index in [1.807, 2.05) is 26.0 Å². The quantitative estimate of drug-likeness (QED) is 0.758. The summed E-state index contributed by atoms with van der Waals surface area (Å²) >= 11 is 3.36. The summed E-state index contributed by atoms with van der Waals surface area (Å²) in [5.74, 6) is -0.104. The number of hydrogen-bond donors (Lipinski definition) is 1. The molecule has 0 aliphatic heterocycles. The van der Waals surface area contributed by atoms with E-state index >= 15 is 0 Å². The van der Waals surface area contributed by atoms with Gasteiger partial charge in [0.05, 0.1) is 5.69 Å². The molecule has 0 atom stereocenters. The van der Waals surface area contributed by atoms with E-state index in [0.29, 0.717) is 17.9 Å². The van der Waals surface area contributed by atoms with Gasteiger partial charge in [0, 0.05) is 22.1 Å². The molecule has 0 radical (unpaired) electrons. The van der Waals surface area contributed by atoms with Crippen molar-refractivity contribution >= 4 is 33.5 Å². The lowest BCUT2D eigenvalue weighted by Crippen LogP contribution is -2.21. The maximum absolute atomic E-state index is 11.9. The summed E-state index contributed by atoms with van der Waals surface area (Å²) in [6, 6.07) is 5.51. The van der Waals surface area contributed by atoms with Gasteiger partial charge >= 0.3 is 5.97 Å². The summed E-state index contributed by atoms with van der Waals surface area (Å²) in [4.78, 5) is 23.6. The number of carbonyl (C=O) groups excluding carboxylic acids is 2. The molecule has 1 aromatic heterocycles. The molecule has 0 spiro atoms. The first kappa shape index (κ1) is 18.2. The van der Waals surface area contributed by atoms with Crippen molar-refractivity contribution in [2.45, 2.75) is 33.6 Å². The molecule has 1 heterocycles. The number of aryl methyl sites for hydroxylation is 3. The Bertz CT molecular complexity index is 736. The molecule has 0 bridgehead atoms. The molecule has 1 N–H and O–H groups in total. The van der Waals surface area contributed by atoms with Crippen LogP contribution in [0.2, 0.25) is 0 Å². The maximum Gasteiger partial charge on any atom is 0.306 e. The molecule has 128 valence electrons. The summed E-state index contributed by atoms with van der Waals surface area (Å²) in [5.41, 5.74) is 3.28. The lowest BCUT2D eigenvalue weighted by atomic mass is 10.1. The Balaban J connectivity index is 1.78. The highest BCUT2D eigenvalue weighted by Gasteiger charge is 2.13. The minimum Gasteiger partial charge on any atom is -0.456 e. The van der Waals surface area contributed by atoms with Crippen LogP contribution in [-0.2, 0) is 20.7 Å². The van der Waals surface area contributed by atoms with E-state index in [-0.39, 0.29) is 18.9 Å². The highest BCUT2D eigenvalue weighted by Crippen LogP contribution is 2.20. The lowest BCUT2D eigenvalue weighted by Gasteiger charge is -2.09. The van der Waals surface area contributed by atoms with E-state index < -0.39 is 5.97 Å². The highest BCUT2D eigenvalue weighted by atomic mass is 79.9. The zero-order valence-corrected chi connectivity index (χ0v) is 15.4. The molecule has 1 aromatic carbocycles. The van der Waals surface area contributed by atoms with Crippen LogP contribution in [0.15, 0.2) is 27.2 Å². The number of rotatable bonds is 6. The zero-order valence-electron chi connectivity index (χ0n) is 13.8. The normalized spacial score (nSPS) is 10.5. The first-order valence-electron chi connectivity index (χ1n) is 7.50. The monoisotopic (exact) mass is 394 g/mol. The van der Waals surface area contributed by atoms with Crippen LogP contribution >= 0.6 is 15.9 Å². The average Bonchev–Trinajstić information content (AvgIpc) is 2.84. The number of aromatic nitrogens is 1. The summed E-state index contributed by atoms with van der Waals surface area (Å²) in [7, 11) is 0. The average molecular weight is 395 g/mol. The Hall–Kier alpha value is -2.15. The standard InChI is InChI=1S/C17H19BrN2O4/c1-10-8-13(18)4-6-15(10)19-16(21)9-23-17(22)7-5-14-11(2)20-24-12(14)3/h4,6,8H,5,7,9H2,1-3H3,(H,19,21). The number of benzene rings is 1. The zero-order chi connectivity index (χ0) is 17.7. The van der Waals surface area contributed by atoms with Gasteiger partial charge < -0.3 is 14.6 Å². The number of nitrogens with zero attached hydrogens (tertiary/aromatic N) is 1. The molecule has 0 aliphatic carbocycles. The maximum atomic E-state index is 11.9. The van der Waals surface area contributed by atoms with Crippen molar-refractivity contribution in [1.82, 2.24) is 5.16 Å². The smallest absolute Gasteiger partial charge is 0.306 e. The summed E-state index contributed by atoms with van der Waals surface area (Å²) in [6.07, 6.45) is 0.654. The first-order chi connectivity index (χ1) is 11.4. The molecule has 0 fully saturated rings. The molecule has 0 saturated carbocycles. The molecule has 0 unspecified atom stereocenters. The molecule has 1 amide bonds. The molecular formula is C17H19BrN2O4. The van der Waals surface area contributed by atoms with E-state index in [0.717, 1.165) is 21.3 Å². The molecule has 6 nitrogen and oxygen atoms in total. The van der Waals surface area contributed by atoms with Gasteiger partial charge in [0.2, 0.25) is 0 Å². The molecule has 2 rings (SSSR count). The second-order valence-electron chi connectivity index (χ2n) is 5.47. The minimum atomic E-state index is -0.433. The van der Waals surface area contributed by atoms with Crippen LogP contribution in [0.4, 0.5) is 5.69 Å². The van der Waals surface area contributed by atoms with Gasteiger partial charge in [0.1, 0.15) is 5.76 Å². The number of anilines is 1. The van der Waals surface area contributed by atoms with Crippen molar-refractivity contribution in [3.05, 3.63) is 45.3 Å². The molecule has 24 heavy (non-hydrogen) atoms. The fraction of sp³-hybridized carbons (Fsp3) is 0.353. The Labute approximate surface area is 148 Å². The molecule has 0 saturated heterocycles. The van der Waals surface area contributed by atoms with Crippen molar-refractivity contribution in [3.63, 3.8) is 0 Å². The number of carbonyl (C=O) groups is 2. The highest BCUT2D eigenvalue weighted by molar-refractivity contribution is 9.10. The largest absolute Gasteiger partial charge is 0.456 e. The Kier molecular flexibility index (Phi) is 6.14. The second kappa shape index (κ2) is 8.10. The summed E-state index contributed by atoms with van der Waals surface area (Å²) in [6.45, 7) is 5.20. The first-order valence-corrected chi connectivity index (χ1v) is 8.29. The second-order valence-corrected chi connectivity index (χ2v) is 6.39. The predicted octanol–water partition coefficient (Wildman–Crippen LogP) is 3.48. The van der Waals surface area contributed by atoms with Gasteiger partial charge in [0.15, 0.2) is 6.61 Å². The van der Waals surface area contributed by atoms with Gasteiger partial charge in [-0.05, 0) is 51.0 Å². The van der Waals surface area contributed by atoms with Crippen LogP contribution in [0, 0.1) is 20.8 Å². The summed E-state index contributed by atoms with van der Waals surface area (Å²) < 4.78 is 11.0. The van der Waals surface area contributed by atoms with Crippen LogP contribution < -0.4 is 5.32 Å². The number of hydrogen-bond acceptors (Lipinski definition) is 5. The van der Waals surface area contributed by atoms with E-state index in [1.165, 1.54) is 0 Å². The molecule has 2 aromatic rings. The molecule has 0 aliphatic rings. The fourth-order valence-corrected chi connectivity index (χ4v) is 2.73. The fourth-order valence-electron chi connectivity index (χ4n) is 2.26. The van der Waals surface area contributed by atoms with Crippen LogP contribution in [-0.4, -0.2) is 23.6 Å². The van der Waals surface area contributed by atoms with Crippen LogP contribution in [0.5, 0.6) is 0 Å². The molecular weight excluding hydrogens is 376 g/mol. The van der Waals surface area contributed by atoms with Crippen molar-refractivity contribution in [2.75, 3.05) is 11.9 Å². The van der Waals surface area contributed by atoms with Crippen molar-refractivity contribution in [3.8, 4) is 0 Å². The van der Waals surface area contributed by atoms with Gasteiger partial charge in [-0.2, -0.15) is 0 Å². The van der Waals surface area contributed by atoms with Gasteiger partial charge in [-0.1, -0.05) is 21.1 Å². The van der Waals surface area contributed by atoms with Gasteiger partial charge in [-0.15, -0.1) is 0 Å². The number of amides is 1. The Morgan fingerprint density at radius 3 is 2.67 bits per heavy atom. The minimum absolute atomic E-state index is 0.174. The van der Waals surface area contributed by atoms with E-state index in [9.17, 15) is 9.59 Å². The molecule has 7 heteroatoms. The number of ether oxygens (including phenoxy) is 1. The third-order valence-corrected chi connectivity index (χ3v) is 4.08. The van der Waals surface area contributed by atoms with Crippen molar-refractivity contribution in [1.29, 1.82) is 0 Å². The van der Waals surface area contributed by atoms with Gasteiger partial charge in [0.25, 0.3) is 5.91 Å². The third-order valence-electron chi connectivity index (χ3n) is 3.59. The van der Waals surface area contributed by atoms with E-state index in [2.05, 4.69) is 26.4 Å². The number of halogens is 1. The third kappa shape index (κ3) is 4.92.